The first-order chi connectivity index (χ1) is 11.6. The van der Waals surface area contributed by atoms with Crippen LogP contribution >= 0.6 is 22.7 Å². The lowest BCUT2D eigenvalue weighted by Crippen LogP contribution is -2.14. The first-order valence-electron chi connectivity index (χ1n) is 7.49. The molecule has 124 valence electrons. The molecule has 0 radical (unpaired) electrons. The number of nitrogens with zero attached hydrogens (tertiary/aromatic N) is 1. The molecule has 4 nitrogen and oxygen atoms in total. The van der Waals surface area contributed by atoms with Crippen LogP contribution in [0.3, 0.4) is 0 Å². The number of hydrogen-bond donors (Lipinski definition) is 0. The fraction of sp³-hybridized carbons (Fsp3) is 0.222. The van der Waals surface area contributed by atoms with Crippen molar-refractivity contribution in [3.05, 3.63) is 67.8 Å². The van der Waals surface area contributed by atoms with E-state index in [1.165, 1.54) is 16.2 Å². The van der Waals surface area contributed by atoms with Crippen molar-refractivity contribution < 1.29 is 14.3 Å². The summed E-state index contributed by atoms with van der Waals surface area (Å²) in [6.45, 7) is 4.37. The quantitative estimate of drug-likeness (QED) is 0.486. The van der Waals surface area contributed by atoms with Crippen LogP contribution in [0.15, 0.2) is 41.1 Å². The number of carbonyl (C=O) groups is 2. The molecule has 0 aliphatic heterocycles. The number of thiophene rings is 2. The number of ether oxygens (including phenoxy) is 1. The summed E-state index contributed by atoms with van der Waals surface area (Å²) in [6, 6.07) is 9.44. The summed E-state index contributed by atoms with van der Waals surface area (Å²) in [5.74, 6) is -0.629. The second-order valence-electron chi connectivity index (χ2n) is 5.43. The Morgan fingerprint density at radius 2 is 1.88 bits per heavy atom. The number of esters is 1. The Morgan fingerprint density at radius 1 is 1.12 bits per heavy atom. The minimum absolute atomic E-state index is 0.175. The monoisotopic (exact) mass is 359 g/mol. The smallest absolute Gasteiger partial charge is 0.340 e. The molecular formula is C18H17NO3S2. The van der Waals surface area contributed by atoms with Gasteiger partial charge in [-0.05, 0) is 42.8 Å². The van der Waals surface area contributed by atoms with E-state index in [0.29, 0.717) is 10.4 Å². The maximum atomic E-state index is 12.3. The third kappa shape index (κ3) is 3.49. The summed E-state index contributed by atoms with van der Waals surface area (Å²) in [5.41, 5.74) is 2.37. The van der Waals surface area contributed by atoms with Gasteiger partial charge in [-0.3, -0.25) is 4.79 Å². The van der Waals surface area contributed by atoms with Gasteiger partial charge in [-0.25, -0.2) is 4.79 Å². The highest BCUT2D eigenvalue weighted by Crippen LogP contribution is 2.20. The van der Waals surface area contributed by atoms with Gasteiger partial charge in [0, 0.05) is 16.3 Å². The number of aromatic nitrogens is 1. The summed E-state index contributed by atoms with van der Waals surface area (Å²) >= 11 is 3.03. The first-order valence-corrected chi connectivity index (χ1v) is 9.25. The standard InChI is InChI=1S/C18H17NO3S2/c1-12-9-15(13(2)19(12)10-14-5-3-7-23-14)18(21)22-11-16(20)17-6-4-8-24-17/h3-9H,10-11H2,1-2H3. The minimum atomic E-state index is -0.453. The van der Waals surface area contributed by atoms with Gasteiger partial charge in [0.2, 0.25) is 5.78 Å². The highest BCUT2D eigenvalue weighted by Gasteiger charge is 2.19. The second kappa shape index (κ2) is 7.15. The van der Waals surface area contributed by atoms with Gasteiger partial charge in [0.15, 0.2) is 6.61 Å². The summed E-state index contributed by atoms with van der Waals surface area (Å²) in [7, 11) is 0. The Kier molecular flexibility index (Phi) is 4.97. The van der Waals surface area contributed by atoms with Crippen molar-refractivity contribution in [3.8, 4) is 0 Å². The van der Waals surface area contributed by atoms with E-state index in [2.05, 4.69) is 10.6 Å². The molecule has 3 heterocycles. The Morgan fingerprint density at radius 3 is 2.54 bits per heavy atom. The maximum Gasteiger partial charge on any atom is 0.340 e. The SMILES string of the molecule is Cc1cc(C(=O)OCC(=O)c2cccs2)c(C)n1Cc1cccs1. The molecule has 24 heavy (non-hydrogen) atoms. The minimum Gasteiger partial charge on any atom is -0.454 e. The molecule has 0 N–H and O–H groups in total. The van der Waals surface area contributed by atoms with Crippen molar-refractivity contribution in [1.82, 2.24) is 4.57 Å². The third-order valence-corrected chi connectivity index (χ3v) is 5.59. The lowest BCUT2D eigenvalue weighted by molar-refractivity contribution is 0.0475. The first kappa shape index (κ1) is 16.7. The van der Waals surface area contributed by atoms with Gasteiger partial charge in [0.25, 0.3) is 0 Å². The number of ketones is 1. The van der Waals surface area contributed by atoms with Crippen LogP contribution in [0.25, 0.3) is 0 Å². The topological polar surface area (TPSA) is 48.3 Å². The van der Waals surface area contributed by atoms with Crippen molar-refractivity contribution in [2.75, 3.05) is 6.61 Å². The van der Waals surface area contributed by atoms with E-state index in [4.69, 9.17) is 4.74 Å². The fourth-order valence-corrected chi connectivity index (χ4v) is 3.87. The molecule has 3 aromatic heterocycles. The number of carbonyl (C=O) groups excluding carboxylic acids is 2. The molecule has 0 fully saturated rings. The lowest BCUT2D eigenvalue weighted by atomic mass is 10.2. The third-order valence-electron chi connectivity index (χ3n) is 3.82. The molecule has 6 heteroatoms. The molecule has 3 aromatic rings. The Bertz CT molecular complexity index is 845. The molecule has 0 spiro atoms. The van der Waals surface area contributed by atoms with E-state index in [0.717, 1.165) is 17.9 Å². The summed E-state index contributed by atoms with van der Waals surface area (Å²) in [5, 5.41) is 3.86. The summed E-state index contributed by atoms with van der Waals surface area (Å²) in [6.07, 6.45) is 0. The molecular weight excluding hydrogens is 342 g/mol. The molecule has 0 atom stereocenters. The average Bonchev–Trinajstić information content (AvgIpc) is 3.30. The van der Waals surface area contributed by atoms with Gasteiger partial charge in [-0.15, -0.1) is 22.7 Å². The van der Waals surface area contributed by atoms with E-state index in [-0.39, 0.29) is 12.4 Å². The molecule has 0 aliphatic rings. The predicted octanol–water partition coefficient (Wildman–Crippen LogP) is 4.32. The molecule has 0 amide bonds. The van der Waals surface area contributed by atoms with Crippen LogP contribution in [0, 0.1) is 13.8 Å². The van der Waals surface area contributed by atoms with Gasteiger partial charge < -0.3 is 9.30 Å². The largest absolute Gasteiger partial charge is 0.454 e. The predicted molar refractivity (Wildman–Crippen MR) is 96.3 cm³/mol. The van der Waals surface area contributed by atoms with Crippen molar-refractivity contribution in [1.29, 1.82) is 0 Å². The maximum absolute atomic E-state index is 12.3. The van der Waals surface area contributed by atoms with Crippen molar-refractivity contribution >= 4 is 34.4 Å². The Labute approximate surface area is 148 Å². The zero-order valence-electron chi connectivity index (χ0n) is 13.4. The van der Waals surface area contributed by atoms with Crippen LogP contribution < -0.4 is 0 Å². The zero-order valence-corrected chi connectivity index (χ0v) is 15.1. The van der Waals surface area contributed by atoms with Crippen molar-refractivity contribution in [2.45, 2.75) is 20.4 Å². The van der Waals surface area contributed by atoms with E-state index >= 15 is 0 Å². The van der Waals surface area contributed by atoms with Crippen molar-refractivity contribution in [2.24, 2.45) is 0 Å². The number of Topliss-reactive ketones (excluding diaryl/α,β-unsaturated/α-hetero) is 1. The number of rotatable bonds is 6. The Hall–Kier alpha value is -2.18. The fourth-order valence-electron chi connectivity index (χ4n) is 2.53. The summed E-state index contributed by atoms with van der Waals surface area (Å²) in [4.78, 5) is 26.1. The Balaban J connectivity index is 1.70. The molecule has 0 bridgehead atoms. The van der Waals surface area contributed by atoms with Crippen LogP contribution in [-0.2, 0) is 11.3 Å². The van der Waals surface area contributed by atoms with Gasteiger partial charge in [0.1, 0.15) is 0 Å². The van der Waals surface area contributed by atoms with Crippen LogP contribution in [0.5, 0.6) is 0 Å². The molecule has 0 saturated carbocycles. The number of hydrogen-bond acceptors (Lipinski definition) is 5. The molecule has 0 aromatic carbocycles. The molecule has 0 aliphatic carbocycles. The van der Waals surface area contributed by atoms with Crippen LogP contribution in [0.4, 0.5) is 0 Å². The van der Waals surface area contributed by atoms with E-state index in [9.17, 15) is 9.59 Å². The average molecular weight is 359 g/mol. The van der Waals surface area contributed by atoms with Gasteiger partial charge >= 0.3 is 5.97 Å². The van der Waals surface area contributed by atoms with Crippen molar-refractivity contribution in [3.63, 3.8) is 0 Å². The van der Waals surface area contributed by atoms with Gasteiger partial charge in [-0.1, -0.05) is 12.1 Å². The van der Waals surface area contributed by atoms with Crippen LogP contribution in [0.2, 0.25) is 0 Å². The second-order valence-corrected chi connectivity index (χ2v) is 7.41. The van der Waals surface area contributed by atoms with Gasteiger partial charge in [-0.2, -0.15) is 0 Å². The molecule has 0 saturated heterocycles. The molecule has 0 unspecified atom stereocenters. The van der Waals surface area contributed by atoms with E-state index in [1.807, 2.05) is 36.7 Å². The zero-order chi connectivity index (χ0) is 17.1. The highest BCUT2D eigenvalue weighted by molar-refractivity contribution is 7.12. The normalized spacial score (nSPS) is 10.8. The molecule has 3 rings (SSSR count). The lowest BCUT2D eigenvalue weighted by Gasteiger charge is -2.08. The summed E-state index contributed by atoms with van der Waals surface area (Å²) < 4.78 is 7.29. The van der Waals surface area contributed by atoms with Gasteiger partial charge in [0.05, 0.1) is 17.0 Å². The van der Waals surface area contributed by atoms with Crippen LogP contribution in [-0.4, -0.2) is 22.9 Å². The number of aryl methyl sites for hydroxylation is 1. The van der Waals surface area contributed by atoms with E-state index < -0.39 is 5.97 Å². The van der Waals surface area contributed by atoms with Crippen LogP contribution in [0.1, 0.15) is 36.3 Å². The van der Waals surface area contributed by atoms with E-state index in [1.54, 1.807) is 23.5 Å². The highest BCUT2D eigenvalue weighted by atomic mass is 32.1.